The Morgan fingerprint density at radius 1 is 1.22 bits per heavy atom. The van der Waals surface area contributed by atoms with Gasteiger partial charge in [-0.15, -0.1) is 0 Å². The summed E-state index contributed by atoms with van der Waals surface area (Å²) in [5.74, 6) is 0.470. The average molecular weight is 308 g/mol. The van der Waals surface area contributed by atoms with Crippen LogP contribution in [0.5, 0.6) is 0 Å². The normalized spacial score (nSPS) is 16.7. The summed E-state index contributed by atoms with van der Waals surface area (Å²) in [6.07, 6.45) is 5.35. The summed E-state index contributed by atoms with van der Waals surface area (Å²) in [6, 6.07) is 12.4. The third kappa shape index (κ3) is 3.52. The Hall–Kier alpha value is -2.36. The molecule has 0 unspecified atom stereocenters. The van der Waals surface area contributed by atoms with Gasteiger partial charge in [-0.1, -0.05) is 18.6 Å². The Bertz CT molecular complexity index is 682. The number of benzene rings is 1. The van der Waals surface area contributed by atoms with Crippen LogP contribution in [-0.4, -0.2) is 17.5 Å². The number of anilines is 1. The second-order valence-electron chi connectivity index (χ2n) is 6.55. The van der Waals surface area contributed by atoms with E-state index in [2.05, 4.69) is 53.4 Å². The molecule has 0 aliphatic heterocycles. The van der Waals surface area contributed by atoms with E-state index < -0.39 is 0 Å². The Kier molecular flexibility index (Phi) is 4.33. The fraction of sp³-hybridized carbons (Fsp3) is 0.368. The van der Waals surface area contributed by atoms with Crippen LogP contribution in [0, 0.1) is 13.8 Å². The lowest BCUT2D eigenvalue weighted by molar-refractivity contribution is 0.246. The molecule has 0 atom stereocenters. The molecule has 0 saturated heterocycles. The number of aryl methyl sites for hydroxylation is 2. The lowest BCUT2D eigenvalue weighted by atomic mass is 9.66. The maximum atomic E-state index is 6.09. The molecule has 1 aliphatic carbocycles. The minimum Gasteiger partial charge on any atom is -0.370 e. The number of nitrogens with zero attached hydrogens (tertiary/aromatic N) is 2. The van der Waals surface area contributed by atoms with Crippen molar-refractivity contribution in [2.24, 2.45) is 10.7 Å². The van der Waals surface area contributed by atoms with Gasteiger partial charge in [-0.25, -0.2) is 0 Å². The van der Waals surface area contributed by atoms with E-state index in [0.717, 1.165) is 24.2 Å². The van der Waals surface area contributed by atoms with Crippen molar-refractivity contribution in [3.05, 3.63) is 59.4 Å². The molecule has 1 heterocycles. The van der Waals surface area contributed by atoms with Crippen LogP contribution in [0.2, 0.25) is 0 Å². The van der Waals surface area contributed by atoms with Gasteiger partial charge in [-0.2, -0.15) is 0 Å². The number of rotatable bonds is 4. The van der Waals surface area contributed by atoms with Gasteiger partial charge in [0.05, 0.1) is 6.54 Å². The van der Waals surface area contributed by atoms with Crippen LogP contribution in [0.3, 0.4) is 0 Å². The molecule has 1 aromatic carbocycles. The Morgan fingerprint density at radius 3 is 2.52 bits per heavy atom. The fourth-order valence-electron chi connectivity index (χ4n) is 3.25. The highest BCUT2D eigenvalue weighted by Gasteiger charge is 2.39. The minimum absolute atomic E-state index is 0.0656. The Balaban J connectivity index is 1.71. The van der Waals surface area contributed by atoms with Crippen molar-refractivity contribution in [2.75, 3.05) is 11.9 Å². The number of guanidine groups is 1. The zero-order valence-corrected chi connectivity index (χ0v) is 13.8. The van der Waals surface area contributed by atoms with E-state index >= 15 is 0 Å². The molecule has 1 fully saturated rings. The van der Waals surface area contributed by atoms with Crippen LogP contribution < -0.4 is 11.1 Å². The lowest BCUT2D eigenvalue weighted by Crippen LogP contribution is -2.39. The number of nitrogens with one attached hydrogen (secondary N) is 1. The monoisotopic (exact) mass is 308 g/mol. The van der Waals surface area contributed by atoms with Crippen molar-refractivity contribution < 1.29 is 0 Å². The van der Waals surface area contributed by atoms with Crippen LogP contribution in [-0.2, 0) is 5.41 Å². The average Bonchev–Trinajstić information content (AvgIpc) is 2.46. The first-order valence-electron chi connectivity index (χ1n) is 8.14. The fourth-order valence-corrected chi connectivity index (χ4v) is 3.25. The van der Waals surface area contributed by atoms with Crippen LogP contribution in [0.15, 0.2) is 47.6 Å². The molecular weight excluding hydrogens is 284 g/mol. The van der Waals surface area contributed by atoms with Crippen molar-refractivity contribution in [3.63, 3.8) is 0 Å². The van der Waals surface area contributed by atoms with E-state index in [0.29, 0.717) is 12.5 Å². The van der Waals surface area contributed by atoms with Crippen molar-refractivity contribution in [1.82, 2.24) is 4.98 Å². The number of hydrogen-bond donors (Lipinski definition) is 2. The van der Waals surface area contributed by atoms with Crippen LogP contribution in [0.1, 0.15) is 36.1 Å². The van der Waals surface area contributed by atoms with Crippen molar-refractivity contribution >= 4 is 11.6 Å². The molecular formula is C19H24N4. The Morgan fingerprint density at radius 2 is 1.96 bits per heavy atom. The molecule has 1 saturated carbocycles. The zero-order valence-electron chi connectivity index (χ0n) is 13.8. The number of aromatic nitrogens is 1. The molecule has 4 heteroatoms. The molecule has 3 rings (SSSR count). The Labute approximate surface area is 137 Å². The van der Waals surface area contributed by atoms with Gasteiger partial charge in [0.2, 0.25) is 0 Å². The van der Waals surface area contributed by atoms with Gasteiger partial charge < -0.3 is 11.1 Å². The largest absolute Gasteiger partial charge is 0.370 e. The number of hydrogen-bond acceptors (Lipinski definition) is 2. The quantitative estimate of drug-likeness (QED) is 0.670. The van der Waals surface area contributed by atoms with Gasteiger partial charge in [0.25, 0.3) is 0 Å². The summed E-state index contributed by atoms with van der Waals surface area (Å²) in [4.78, 5) is 9.12. The highest BCUT2D eigenvalue weighted by atomic mass is 15.1. The third-order valence-electron chi connectivity index (χ3n) is 4.57. The topological polar surface area (TPSA) is 63.3 Å². The lowest BCUT2D eigenvalue weighted by Gasteiger charge is -2.40. The minimum atomic E-state index is 0.0656. The summed E-state index contributed by atoms with van der Waals surface area (Å²) >= 11 is 0. The first-order chi connectivity index (χ1) is 11.1. The third-order valence-corrected chi connectivity index (χ3v) is 4.57. The molecule has 1 aliphatic rings. The summed E-state index contributed by atoms with van der Waals surface area (Å²) < 4.78 is 0. The molecule has 0 amide bonds. The first-order valence-corrected chi connectivity index (χ1v) is 8.14. The summed E-state index contributed by atoms with van der Waals surface area (Å²) in [5.41, 5.74) is 10.7. The van der Waals surface area contributed by atoms with E-state index in [1.165, 1.54) is 17.5 Å². The van der Waals surface area contributed by atoms with E-state index in [1.807, 2.05) is 18.3 Å². The molecule has 0 spiro atoms. The molecule has 1 aromatic heterocycles. The van der Waals surface area contributed by atoms with E-state index in [1.54, 1.807) is 0 Å². The predicted molar refractivity (Wildman–Crippen MR) is 95.8 cm³/mol. The molecule has 3 N–H and O–H groups in total. The number of pyridine rings is 1. The summed E-state index contributed by atoms with van der Waals surface area (Å²) in [6.45, 7) is 4.85. The SMILES string of the molecule is Cc1cc(C)cc(NC(N)=NCC2(c3ccccn3)CCC2)c1. The number of aliphatic imine (C=N–C) groups is 1. The number of nitrogens with two attached hydrogens (primary N) is 1. The van der Waals surface area contributed by atoms with Gasteiger partial charge in [0, 0.05) is 23.0 Å². The van der Waals surface area contributed by atoms with Crippen LogP contribution >= 0.6 is 0 Å². The molecule has 0 bridgehead atoms. The van der Waals surface area contributed by atoms with Crippen molar-refractivity contribution in [2.45, 2.75) is 38.5 Å². The van der Waals surface area contributed by atoms with Crippen molar-refractivity contribution in [1.29, 1.82) is 0 Å². The highest BCUT2D eigenvalue weighted by molar-refractivity contribution is 5.92. The molecule has 4 nitrogen and oxygen atoms in total. The van der Waals surface area contributed by atoms with Gasteiger partial charge in [-0.05, 0) is 62.1 Å². The first kappa shape index (κ1) is 15.5. The van der Waals surface area contributed by atoms with Gasteiger partial charge >= 0.3 is 0 Å². The second-order valence-corrected chi connectivity index (χ2v) is 6.55. The second kappa shape index (κ2) is 6.41. The van der Waals surface area contributed by atoms with E-state index in [-0.39, 0.29) is 5.41 Å². The molecule has 120 valence electrons. The predicted octanol–water partition coefficient (Wildman–Crippen LogP) is 3.55. The maximum Gasteiger partial charge on any atom is 0.193 e. The van der Waals surface area contributed by atoms with Gasteiger partial charge in [0.15, 0.2) is 5.96 Å². The van der Waals surface area contributed by atoms with Crippen LogP contribution in [0.4, 0.5) is 5.69 Å². The molecule has 0 radical (unpaired) electrons. The van der Waals surface area contributed by atoms with Crippen LogP contribution in [0.25, 0.3) is 0 Å². The van der Waals surface area contributed by atoms with E-state index in [4.69, 9.17) is 5.73 Å². The van der Waals surface area contributed by atoms with Crippen molar-refractivity contribution in [3.8, 4) is 0 Å². The summed E-state index contributed by atoms with van der Waals surface area (Å²) in [7, 11) is 0. The summed E-state index contributed by atoms with van der Waals surface area (Å²) in [5, 5.41) is 3.20. The van der Waals surface area contributed by atoms with Gasteiger partial charge in [-0.3, -0.25) is 9.98 Å². The standard InChI is InChI=1S/C19H24N4/c1-14-10-15(2)12-16(11-14)23-18(20)22-13-19(7-5-8-19)17-6-3-4-9-21-17/h3-4,6,9-12H,5,7-8,13H2,1-2H3,(H3,20,22,23). The molecule has 23 heavy (non-hydrogen) atoms. The van der Waals surface area contributed by atoms with E-state index in [9.17, 15) is 0 Å². The van der Waals surface area contributed by atoms with Gasteiger partial charge in [0.1, 0.15) is 0 Å². The molecule has 2 aromatic rings. The highest BCUT2D eigenvalue weighted by Crippen LogP contribution is 2.42. The smallest absolute Gasteiger partial charge is 0.193 e. The maximum absolute atomic E-state index is 6.09. The zero-order chi connectivity index (χ0) is 16.3.